The molecule has 1 saturated heterocycles. The maximum atomic E-state index is 13.2. The molecule has 4 rings (SSSR count). The highest BCUT2D eigenvalue weighted by Gasteiger charge is 2.37. The number of amides is 4. The van der Waals surface area contributed by atoms with Gasteiger partial charge < -0.3 is 0 Å². The molecule has 0 aliphatic carbocycles. The molecule has 0 radical (unpaired) electrons. The third-order valence-corrected chi connectivity index (χ3v) is 6.35. The third kappa shape index (κ3) is 4.92. The van der Waals surface area contributed by atoms with Crippen molar-refractivity contribution < 1.29 is 14.4 Å². The average molecular weight is 520 g/mol. The largest absolute Gasteiger partial charge is 0.335 e. The Morgan fingerprint density at radius 2 is 1.55 bits per heavy atom. The van der Waals surface area contributed by atoms with E-state index in [4.69, 9.17) is 46.4 Å². The predicted octanol–water partition coefficient (Wildman–Crippen LogP) is 6.56. The third-order valence-electron chi connectivity index (χ3n) is 5.01. The van der Waals surface area contributed by atoms with E-state index in [-0.39, 0.29) is 21.3 Å². The molecule has 0 aromatic heterocycles. The minimum atomic E-state index is -0.886. The summed E-state index contributed by atoms with van der Waals surface area (Å²) >= 11 is 24.5. The Kier molecular flexibility index (Phi) is 6.77. The lowest BCUT2D eigenvalue weighted by Gasteiger charge is -2.26. The normalized spacial score (nSPS) is 15.2. The Morgan fingerprint density at radius 1 is 0.788 bits per heavy atom. The Hall–Kier alpha value is -2.83. The van der Waals surface area contributed by atoms with Crippen molar-refractivity contribution in [3.63, 3.8) is 0 Å². The minimum Gasteiger partial charge on any atom is -0.273 e. The molecule has 3 aromatic rings. The Labute approximate surface area is 209 Å². The number of nitrogens with one attached hydrogen (secondary N) is 1. The van der Waals surface area contributed by atoms with Crippen molar-refractivity contribution in [2.45, 2.75) is 6.42 Å². The Balaban J connectivity index is 1.76. The van der Waals surface area contributed by atoms with Gasteiger partial charge in [-0.2, -0.15) is 0 Å². The van der Waals surface area contributed by atoms with Gasteiger partial charge in [0.05, 0.1) is 15.7 Å². The number of rotatable bonds is 4. The zero-order valence-corrected chi connectivity index (χ0v) is 19.8. The zero-order valence-electron chi connectivity index (χ0n) is 16.7. The van der Waals surface area contributed by atoms with Gasteiger partial charge in [0.25, 0.3) is 11.8 Å². The van der Waals surface area contributed by atoms with E-state index < -0.39 is 17.8 Å². The second kappa shape index (κ2) is 9.57. The van der Waals surface area contributed by atoms with Crippen molar-refractivity contribution in [2.24, 2.45) is 0 Å². The highest BCUT2D eigenvalue weighted by atomic mass is 35.5. The lowest BCUT2D eigenvalue weighted by Crippen LogP contribution is -2.54. The molecule has 0 spiro atoms. The zero-order chi connectivity index (χ0) is 23.7. The van der Waals surface area contributed by atoms with Crippen molar-refractivity contribution in [2.75, 3.05) is 4.90 Å². The number of imide groups is 2. The van der Waals surface area contributed by atoms with E-state index >= 15 is 0 Å². The molecule has 33 heavy (non-hydrogen) atoms. The molecule has 166 valence electrons. The number of hydrogen-bond donors (Lipinski definition) is 1. The van der Waals surface area contributed by atoms with Crippen LogP contribution in [0.2, 0.25) is 20.1 Å². The summed E-state index contributed by atoms with van der Waals surface area (Å²) in [4.78, 5) is 39.0. The monoisotopic (exact) mass is 518 g/mol. The molecule has 0 saturated carbocycles. The highest BCUT2D eigenvalue weighted by Crippen LogP contribution is 2.30. The number of urea groups is 1. The highest BCUT2D eigenvalue weighted by molar-refractivity contribution is 6.43. The van der Waals surface area contributed by atoms with Gasteiger partial charge in [0, 0.05) is 10.0 Å². The summed E-state index contributed by atoms with van der Waals surface area (Å²) < 4.78 is 0. The number of halogens is 4. The first-order valence-electron chi connectivity index (χ1n) is 9.63. The standard InChI is InChI=1S/C24H14Cl4N2O3/c25-16-6-5-13(9-14-3-1-2-4-19(14)26)15(10-16)11-18-22(31)29-24(33)30(23(18)32)17-7-8-20(27)21(28)12-17/h1-8,10-12H,9H2,(H,29,31,33)/b18-11+. The van der Waals surface area contributed by atoms with Crippen molar-refractivity contribution in [1.82, 2.24) is 5.32 Å². The number of carbonyl (C=O) groups excluding carboxylic acids is 3. The predicted molar refractivity (Wildman–Crippen MR) is 131 cm³/mol. The molecule has 4 amide bonds. The number of anilines is 1. The van der Waals surface area contributed by atoms with Crippen LogP contribution in [0.3, 0.4) is 0 Å². The summed E-state index contributed by atoms with van der Waals surface area (Å²) in [6, 6.07) is 15.9. The number of benzene rings is 3. The summed E-state index contributed by atoms with van der Waals surface area (Å²) in [6.07, 6.45) is 1.86. The van der Waals surface area contributed by atoms with Crippen LogP contribution >= 0.6 is 46.4 Å². The second-order valence-corrected chi connectivity index (χ2v) is 8.83. The van der Waals surface area contributed by atoms with E-state index in [0.29, 0.717) is 22.0 Å². The molecule has 1 aliphatic rings. The van der Waals surface area contributed by atoms with Gasteiger partial charge in [-0.25, -0.2) is 9.69 Å². The van der Waals surface area contributed by atoms with E-state index in [1.54, 1.807) is 24.3 Å². The van der Waals surface area contributed by atoms with Crippen LogP contribution in [0, 0.1) is 0 Å². The van der Waals surface area contributed by atoms with Gasteiger partial charge in [0.2, 0.25) is 0 Å². The molecule has 1 aliphatic heterocycles. The first-order chi connectivity index (χ1) is 15.7. The van der Waals surface area contributed by atoms with E-state index in [0.717, 1.165) is 16.0 Å². The van der Waals surface area contributed by atoms with Gasteiger partial charge in [-0.15, -0.1) is 0 Å². The fourth-order valence-corrected chi connectivity index (χ4v) is 4.06. The van der Waals surface area contributed by atoms with Crippen LogP contribution in [0.4, 0.5) is 10.5 Å². The SMILES string of the molecule is O=C1NC(=O)N(c2ccc(Cl)c(Cl)c2)C(=O)/C1=C/c1cc(Cl)ccc1Cc1ccccc1Cl. The lowest BCUT2D eigenvalue weighted by molar-refractivity contribution is -0.122. The summed E-state index contributed by atoms with van der Waals surface area (Å²) in [5, 5.41) is 3.62. The maximum Gasteiger partial charge on any atom is 0.335 e. The quantitative estimate of drug-likeness (QED) is 0.313. The molecule has 3 aromatic carbocycles. The topological polar surface area (TPSA) is 66.5 Å². The minimum absolute atomic E-state index is 0.161. The van der Waals surface area contributed by atoms with Crippen molar-refractivity contribution in [3.8, 4) is 0 Å². The van der Waals surface area contributed by atoms with E-state index in [9.17, 15) is 14.4 Å². The van der Waals surface area contributed by atoms with Crippen molar-refractivity contribution >= 4 is 76.0 Å². The number of barbiturate groups is 1. The van der Waals surface area contributed by atoms with E-state index in [1.165, 1.54) is 24.3 Å². The summed E-state index contributed by atoms with van der Waals surface area (Å²) in [5.74, 6) is -1.62. The van der Waals surface area contributed by atoms with Gasteiger partial charge in [-0.3, -0.25) is 14.9 Å². The Morgan fingerprint density at radius 3 is 2.27 bits per heavy atom. The average Bonchev–Trinajstić information content (AvgIpc) is 2.76. The van der Waals surface area contributed by atoms with Gasteiger partial charge in [0.15, 0.2) is 0 Å². The molecule has 1 N–H and O–H groups in total. The fourth-order valence-electron chi connectivity index (χ4n) is 3.38. The van der Waals surface area contributed by atoms with E-state index in [2.05, 4.69) is 5.32 Å². The van der Waals surface area contributed by atoms with Gasteiger partial charge >= 0.3 is 6.03 Å². The lowest BCUT2D eigenvalue weighted by atomic mass is 9.97. The number of nitrogens with zero attached hydrogens (tertiary/aromatic N) is 1. The summed E-state index contributed by atoms with van der Waals surface area (Å²) in [6.45, 7) is 0. The fraction of sp³-hybridized carbons (Fsp3) is 0.0417. The van der Waals surface area contributed by atoms with Crippen LogP contribution in [0.25, 0.3) is 6.08 Å². The molecule has 9 heteroatoms. The summed E-state index contributed by atoms with van der Waals surface area (Å²) in [5.41, 5.74) is 2.15. The van der Waals surface area contributed by atoms with E-state index in [1.807, 2.05) is 18.2 Å². The molecule has 0 atom stereocenters. The Bertz CT molecular complexity index is 1340. The molecular weight excluding hydrogens is 506 g/mol. The first kappa shape index (κ1) is 23.3. The molecular formula is C24H14Cl4N2O3. The number of hydrogen-bond acceptors (Lipinski definition) is 3. The van der Waals surface area contributed by atoms with Gasteiger partial charge in [-0.05, 0) is 65.6 Å². The molecule has 5 nitrogen and oxygen atoms in total. The number of carbonyl (C=O) groups is 3. The van der Waals surface area contributed by atoms with Gasteiger partial charge in [0.1, 0.15) is 5.57 Å². The van der Waals surface area contributed by atoms with Crippen molar-refractivity contribution in [3.05, 3.63) is 103 Å². The van der Waals surface area contributed by atoms with Crippen molar-refractivity contribution in [1.29, 1.82) is 0 Å². The molecule has 0 bridgehead atoms. The van der Waals surface area contributed by atoms with Crippen LogP contribution in [0.1, 0.15) is 16.7 Å². The van der Waals surface area contributed by atoms with Crippen LogP contribution in [0.15, 0.2) is 66.2 Å². The maximum absolute atomic E-state index is 13.2. The first-order valence-corrected chi connectivity index (χ1v) is 11.1. The second-order valence-electron chi connectivity index (χ2n) is 7.17. The molecule has 1 heterocycles. The molecule has 1 fully saturated rings. The van der Waals surface area contributed by atoms with Gasteiger partial charge in [-0.1, -0.05) is 70.7 Å². The van der Waals surface area contributed by atoms with Crippen LogP contribution in [-0.2, 0) is 16.0 Å². The molecule has 0 unspecified atom stereocenters. The van der Waals surface area contributed by atoms with Crippen LogP contribution < -0.4 is 10.2 Å². The van der Waals surface area contributed by atoms with Crippen LogP contribution in [-0.4, -0.2) is 17.8 Å². The smallest absolute Gasteiger partial charge is 0.273 e. The summed E-state index contributed by atoms with van der Waals surface area (Å²) in [7, 11) is 0. The van der Waals surface area contributed by atoms with Crippen LogP contribution in [0.5, 0.6) is 0 Å².